The molecule has 0 radical (unpaired) electrons. The number of fused-ring (bicyclic) bond motifs is 1. The van der Waals surface area contributed by atoms with Crippen molar-refractivity contribution in [1.29, 1.82) is 0 Å². The monoisotopic (exact) mass is 427 g/mol. The van der Waals surface area contributed by atoms with E-state index in [1.165, 1.54) is 5.56 Å². The predicted octanol–water partition coefficient (Wildman–Crippen LogP) is 3.58. The maximum Gasteiger partial charge on any atom is 0.217 e. The van der Waals surface area contributed by atoms with Crippen LogP contribution in [0.4, 0.5) is 5.69 Å². The van der Waals surface area contributed by atoms with Gasteiger partial charge in [-0.1, -0.05) is 30.3 Å². The lowest BCUT2D eigenvalue weighted by atomic mass is 9.79. The molecule has 7 nitrogen and oxygen atoms in total. The van der Waals surface area contributed by atoms with Crippen molar-refractivity contribution in [2.45, 2.75) is 30.6 Å². The molecular weight excluding hydrogens is 394 g/mol. The van der Waals surface area contributed by atoms with Crippen LogP contribution in [-0.4, -0.2) is 53.6 Å². The summed E-state index contributed by atoms with van der Waals surface area (Å²) in [6.45, 7) is 1.45. The van der Waals surface area contributed by atoms with Crippen molar-refractivity contribution < 1.29 is 19.0 Å². The molecule has 2 aliphatic rings. The quantitative estimate of drug-likeness (QED) is 0.678. The molecule has 2 atom stereocenters. The Bertz CT molecular complexity index is 888. The van der Waals surface area contributed by atoms with Crippen LogP contribution in [0.2, 0.25) is 0 Å². The molecule has 1 saturated heterocycles. The summed E-state index contributed by atoms with van der Waals surface area (Å²) in [5.41, 5.74) is 7.72. The van der Waals surface area contributed by atoms with Gasteiger partial charge in [-0.3, -0.25) is 10.3 Å². The van der Waals surface area contributed by atoms with Crippen LogP contribution < -0.4 is 15.2 Å². The average Bonchev–Trinajstić information content (AvgIpc) is 3.16. The van der Waals surface area contributed by atoms with Gasteiger partial charge < -0.3 is 14.2 Å². The molecule has 0 unspecified atom stereocenters. The lowest BCUT2D eigenvalue weighted by Gasteiger charge is -2.42. The minimum atomic E-state index is -0.883. The van der Waals surface area contributed by atoms with E-state index in [9.17, 15) is 0 Å². The van der Waals surface area contributed by atoms with E-state index >= 15 is 0 Å². The van der Waals surface area contributed by atoms with Crippen LogP contribution in [0.25, 0.3) is 0 Å². The summed E-state index contributed by atoms with van der Waals surface area (Å²) in [5, 5.41) is 4.13. The standard InChI is InChI=1S/C24H33N3O4/c1-25-26-13-9-12-18(23(26)17-10-7-6-8-11-17)19-14-20-21(15-22(19)28-2)27(31-5)16-24(20,29-3)30-4/h6-8,10-11,14-15,18,23,25H,9,12-13,16H2,1-5H3/t18-,23+/m0/s1. The number of nitrogens with zero attached hydrogens (tertiary/aromatic N) is 2. The topological polar surface area (TPSA) is 55.4 Å². The second-order valence-electron chi connectivity index (χ2n) is 8.01. The minimum absolute atomic E-state index is 0.186. The van der Waals surface area contributed by atoms with Gasteiger partial charge in [-0.2, -0.15) is 0 Å². The summed E-state index contributed by atoms with van der Waals surface area (Å²) >= 11 is 0. The minimum Gasteiger partial charge on any atom is -0.496 e. The zero-order valence-electron chi connectivity index (χ0n) is 19.1. The number of hydrogen-bond donors (Lipinski definition) is 1. The van der Waals surface area contributed by atoms with Gasteiger partial charge in [0.1, 0.15) is 12.3 Å². The maximum absolute atomic E-state index is 5.90. The Balaban J connectivity index is 1.86. The zero-order valence-corrected chi connectivity index (χ0v) is 19.1. The van der Waals surface area contributed by atoms with Gasteiger partial charge in [0.2, 0.25) is 5.79 Å². The number of piperidine rings is 1. The van der Waals surface area contributed by atoms with Gasteiger partial charge in [-0.15, -0.1) is 0 Å². The van der Waals surface area contributed by atoms with E-state index in [0.29, 0.717) is 6.54 Å². The van der Waals surface area contributed by atoms with Crippen LogP contribution in [0, 0.1) is 0 Å². The van der Waals surface area contributed by atoms with Crippen LogP contribution in [0.5, 0.6) is 5.75 Å². The normalized spacial score (nSPS) is 23.1. The zero-order chi connectivity index (χ0) is 22.0. The second kappa shape index (κ2) is 9.14. The van der Waals surface area contributed by atoms with E-state index < -0.39 is 5.79 Å². The third-order valence-electron chi connectivity index (χ3n) is 6.72. The van der Waals surface area contributed by atoms with Crippen molar-refractivity contribution >= 4 is 5.69 Å². The highest BCUT2D eigenvalue weighted by atomic mass is 16.7. The fraction of sp³-hybridized carbons (Fsp3) is 0.500. The van der Waals surface area contributed by atoms with Gasteiger partial charge in [0, 0.05) is 38.3 Å². The van der Waals surface area contributed by atoms with Crippen LogP contribution in [-0.2, 0) is 20.1 Å². The molecular formula is C24H33N3O4. The Labute approximate surface area is 184 Å². The van der Waals surface area contributed by atoms with Crippen molar-refractivity contribution in [3.05, 3.63) is 59.2 Å². The molecule has 0 saturated carbocycles. The number of hydrogen-bond acceptors (Lipinski definition) is 7. The van der Waals surface area contributed by atoms with Crippen LogP contribution in [0.3, 0.4) is 0 Å². The fourth-order valence-corrected chi connectivity index (χ4v) is 5.15. The van der Waals surface area contributed by atoms with Gasteiger partial charge in [0.15, 0.2) is 0 Å². The van der Waals surface area contributed by atoms with E-state index in [4.69, 9.17) is 19.0 Å². The molecule has 0 aromatic heterocycles. The molecule has 2 aliphatic heterocycles. The Hall–Kier alpha value is -2.16. The molecule has 31 heavy (non-hydrogen) atoms. The first kappa shape index (κ1) is 22.0. The molecule has 1 N–H and O–H groups in total. The number of nitrogens with one attached hydrogen (secondary N) is 1. The van der Waals surface area contributed by atoms with E-state index in [-0.39, 0.29) is 12.0 Å². The lowest BCUT2D eigenvalue weighted by molar-refractivity contribution is -0.207. The third-order valence-corrected chi connectivity index (χ3v) is 6.72. The molecule has 0 bridgehead atoms. The van der Waals surface area contributed by atoms with Crippen LogP contribution in [0.1, 0.15) is 41.5 Å². The fourth-order valence-electron chi connectivity index (χ4n) is 5.15. The van der Waals surface area contributed by atoms with Gasteiger partial charge in [0.25, 0.3) is 0 Å². The number of hydroxylamine groups is 1. The van der Waals surface area contributed by atoms with Crippen molar-refractivity contribution in [1.82, 2.24) is 10.4 Å². The van der Waals surface area contributed by atoms with Gasteiger partial charge >= 0.3 is 0 Å². The first-order chi connectivity index (χ1) is 15.1. The Morgan fingerprint density at radius 2 is 1.77 bits per heavy atom. The molecule has 168 valence electrons. The first-order valence-electron chi connectivity index (χ1n) is 10.8. The van der Waals surface area contributed by atoms with E-state index in [1.807, 2.05) is 13.1 Å². The number of anilines is 1. The predicted molar refractivity (Wildman–Crippen MR) is 120 cm³/mol. The molecule has 1 fully saturated rings. The molecule has 0 amide bonds. The number of hydrazine groups is 1. The summed E-state index contributed by atoms with van der Waals surface area (Å²) in [6, 6.07) is 15.1. The maximum atomic E-state index is 5.90. The summed E-state index contributed by atoms with van der Waals surface area (Å²) in [6.07, 6.45) is 2.16. The largest absolute Gasteiger partial charge is 0.496 e. The number of ether oxygens (including phenoxy) is 3. The van der Waals surface area contributed by atoms with Crippen molar-refractivity contribution in [2.24, 2.45) is 0 Å². The molecule has 7 heteroatoms. The highest BCUT2D eigenvalue weighted by Gasteiger charge is 2.46. The number of rotatable bonds is 7. The lowest BCUT2D eigenvalue weighted by Crippen LogP contribution is -2.45. The summed E-state index contributed by atoms with van der Waals surface area (Å²) in [5.74, 6) is 0.214. The molecule has 2 aromatic carbocycles. The van der Waals surface area contributed by atoms with E-state index in [1.54, 1.807) is 33.5 Å². The van der Waals surface area contributed by atoms with Gasteiger partial charge in [-0.05, 0) is 37.1 Å². The summed E-state index contributed by atoms with van der Waals surface area (Å²) in [7, 11) is 8.73. The molecule has 0 spiro atoms. The molecule has 2 heterocycles. The van der Waals surface area contributed by atoms with Crippen LogP contribution in [0.15, 0.2) is 42.5 Å². The molecule has 2 aromatic rings. The Morgan fingerprint density at radius 1 is 1.03 bits per heavy atom. The van der Waals surface area contributed by atoms with E-state index in [2.05, 4.69) is 46.8 Å². The Kier molecular flexibility index (Phi) is 6.50. The first-order valence-corrected chi connectivity index (χ1v) is 10.8. The number of benzene rings is 2. The highest BCUT2D eigenvalue weighted by Crippen LogP contribution is 2.50. The molecule has 4 rings (SSSR count). The summed E-state index contributed by atoms with van der Waals surface area (Å²) < 4.78 is 17.6. The summed E-state index contributed by atoms with van der Waals surface area (Å²) in [4.78, 5) is 5.61. The van der Waals surface area contributed by atoms with Crippen molar-refractivity contribution in [2.75, 3.05) is 53.6 Å². The smallest absolute Gasteiger partial charge is 0.217 e. The SMILES string of the molecule is CNN1CCC[C@@H](c2cc3c(cc2OC)N(OC)CC3(OC)OC)[C@H]1c1ccccc1. The number of methoxy groups -OCH3 is 3. The Morgan fingerprint density at radius 3 is 2.39 bits per heavy atom. The van der Waals surface area contributed by atoms with Crippen LogP contribution >= 0.6 is 0 Å². The van der Waals surface area contributed by atoms with Crippen molar-refractivity contribution in [3.63, 3.8) is 0 Å². The van der Waals surface area contributed by atoms with E-state index in [0.717, 1.165) is 42.0 Å². The third kappa shape index (κ3) is 3.70. The second-order valence-corrected chi connectivity index (χ2v) is 8.01. The van der Waals surface area contributed by atoms with Gasteiger partial charge in [-0.25, -0.2) is 10.1 Å². The highest BCUT2D eigenvalue weighted by molar-refractivity contribution is 5.65. The molecule has 0 aliphatic carbocycles. The van der Waals surface area contributed by atoms with Crippen molar-refractivity contribution in [3.8, 4) is 5.75 Å². The average molecular weight is 428 g/mol. The van der Waals surface area contributed by atoms with Gasteiger partial charge in [0.05, 0.1) is 25.9 Å².